The van der Waals surface area contributed by atoms with E-state index >= 15 is 0 Å². The third-order valence-electron chi connectivity index (χ3n) is 2.97. The Hall–Kier alpha value is -0.810. The Morgan fingerprint density at radius 3 is 2.28 bits per heavy atom. The quantitative estimate of drug-likeness (QED) is 0.708. The van der Waals surface area contributed by atoms with Gasteiger partial charge in [0.25, 0.3) is 0 Å². The van der Waals surface area contributed by atoms with Crippen molar-refractivity contribution in [3.8, 4) is 0 Å². The SMILES string of the molecule is CC(C)(N)C(=O)NCC(=O)NC1CCCCC1.Cl. The monoisotopic (exact) mass is 277 g/mol. The van der Waals surface area contributed by atoms with Crippen LogP contribution in [-0.2, 0) is 9.59 Å². The highest BCUT2D eigenvalue weighted by molar-refractivity contribution is 5.89. The summed E-state index contributed by atoms with van der Waals surface area (Å²) in [6.45, 7) is 3.23. The van der Waals surface area contributed by atoms with Crippen molar-refractivity contribution in [3.05, 3.63) is 0 Å². The summed E-state index contributed by atoms with van der Waals surface area (Å²) in [5.41, 5.74) is 4.67. The van der Waals surface area contributed by atoms with Crippen LogP contribution in [0, 0.1) is 0 Å². The molecule has 0 spiro atoms. The number of rotatable bonds is 4. The summed E-state index contributed by atoms with van der Waals surface area (Å²) in [5.74, 6) is -0.439. The lowest BCUT2D eigenvalue weighted by Crippen LogP contribution is -2.52. The lowest BCUT2D eigenvalue weighted by atomic mass is 9.95. The molecule has 0 unspecified atom stereocenters. The first-order valence-electron chi connectivity index (χ1n) is 6.26. The van der Waals surface area contributed by atoms with Crippen molar-refractivity contribution in [2.24, 2.45) is 5.73 Å². The van der Waals surface area contributed by atoms with Crippen LogP contribution >= 0.6 is 12.4 Å². The van der Waals surface area contributed by atoms with E-state index in [4.69, 9.17) is 5.73 Å². The van der Waals surface area contributed by atoms with Gasteiger partial charge in [0.05, 0.1) is 12.1 Å². The predicted molar refractivity (Wildman–Crippen MR) is 73.5 cm³/mol. The zero-order chi connectivity index (χ0) is 12.9. The van der Waals surface area contributed by atoms with Crippen LogP contribution in [0.4, 0.5) is 0 Å². The van der Waals surface area contributed by atoms with E-state index in [1.54, 1.807) is 13.8 Å². The summed E-state index contributed by atoms with van der Waals surface area (Å²) in [4.78, 5) is 23.0. The maximum atomic E-state index is 11.6. The summed E-state index contributed by atoms with van der Waals surface area (Å²) in [6, 6.07) is 0.277. The molecule has 6 heteroatoms. The number of carbonyl (C=O) groups excluding carboxylic acids is 2. The lowest BCUT2D eigenvalue weighted by Gasteiger charge is -2.23. The first-order chi connectivity index (χ1) is 7.89. The normalized spacial score (nSPS) is 16.6. The van der Waals surface area contributed by atoms with Gasteiger partial charge in [-0.25, -0.2) is 0 Å². The van der Waals surface area contributed by atoms with Crippen molar-refractivity contribution in [3.63, 3.8) is 0 Å². The second kappa shape index (κ2) is 7.59. The van der Waals surface area contributed by atoms with Crippen LogP contribution in [0.15, 0.2) is 0 Å². The van der Waals surface area contributed by atoms with E-state index in [0.717, 1.165) is 12.8 Å². The fourth-order valence-corrected chi connectivity index (χ4v) is 1.91. The summed E-state index contributed by atoms with van der Waals surface area (Å²) < 4.78 is 0. The number of nitrogens with two attached hydrogens (primary N) is 1. The van der Waals surface area contributed by atoms with Gasteiger partial charge in [-0.1, -0.05) is 19.3 Å². The number of carbonyl (C=O) groups is 2. The van der Waals surface area contributed by atoms with Crippen LogP contribution in [-0.4, -0.2) is 29.9 Å². The van der Waals surface area contributed by atoms with Crippen molar-refractivity contribution >= 4 is 24.2 Å². The molecule has 106 valence electrons. The fourth-order valence-electron chi connectivity index (χ4n) is 1.91. The first-order valence-corrected chi connectivity index (χ1v) is 6.26. The van der Waals surface area contributed by atoms with Gasteiger partial charge in [0.15, 0.2) is 0 Å². The minimum absolute atomic E-state index is 0. The van der Waals surface area contributed by atoms with Gasteiger partial charge in [-0.3, -0.25) is 9.59 Å². The van der Waals surface area contributed by atoms with Crippen LogP contribution in [0.25, 0.3) is 0 Å². The van der Waals surface area contributed by atoms with Gasteiger partial charge in [-0.15, -0.1) is 12.4 Å². The van der Waals surface area contributed by atoms with Crippen LogP contribution < -0.4 is 16.4 Å². The number of amides is 2. The van der Waals surface area contributed by atoms with Crippen molar-refractivity contribution < 1.29 is 9.59 Å². The third-order valence-corrected chi connectivity index (χ3v) is 2.97. The lowest BCUT2D eigenvalue weighted by molar-refractivity contribution is -0.129. The van der Waals surface area contributed by atoms with Crippen LogP contribution in [0.5, 0.6) is 0 Å². The minimum Gasteiger partial charge on any atom is -0.352 e. The Morgan fingerprint density at radius 2 is 1.78 bits per heavy atom. The maximum Gasteiger partial charge on any atom is 0.239 e. The number of halogens is 1. The molecule has 5 nitrogen and oxygen atoms in total. The average molecular weight is 278 g/mol. The van der Waals surface area contributed by atoms with Gasteiger partial charge in [-0.05, 0) is 26.7 Å². The molecule has 1 aliphatic carbocycles. The molecule has 0 aromatic carbocycles. The standard InChI is InChI=1S/C12H23N3O2.ClH/c1-12(2,13)11(17)14-8-10(16)15-9-6-4-3-5-7-9;/h9H,3-8,13H2,1-2H3,(H,14,17)(H,15,16);1H. The van der Waals surface area contributed by atoms with E-state index in [2.05, 4.69) is 10.6 Å². The molecule has 0 atom stereocenters. The van der Waals surface area contributed by atoms with E-state index in [1.165, 1.54) is 19.3 Å². The van der Waals surface area contributed by atoms with Crippen molar-refractivity contribution in [1.29, 1.82) is 0 Å². The Balaban J connectivity index is 0.00000289. The van der Waals surface area contributed by atoms with Gasteiger partial charge in [-0.2, -0.15) is 0 Å². The summed E-state index contributed by atoms with van der Waals surface area (Å²) in [5, 5.41) is 5.47. The summed E-state index contributed by atoms with van der Waals surface area (Å²) >= 11 is 0. The molecule has 0 aromatic rings. The highest BCUT2D eigenvalue weighted by Gasteiger charge is 2.22. The van der Waals surface area contributed by atoms with E-state index in [1.807, 2.05) is 0 Å². The molecule has 18 heavy (non-hydrogen) atoms. The van der Waals surface area contributed by atoms with E-state index < -0.39 is 5.54 Å². The van der Waals surface area contributed by atoms with Gasteiger partial charge >= 0.3 is 0 Å². The molecular weight excluding hydrogens is 254 g/mol. The topological polar surface area (TPSA) is 84.2 Å². The van der Waals surface area contributed by atoms with Gasteiger partial charge in [0, 0.05) is 6.04 Å². The molecule has 1 saturated carbocycles. The molecular formula is C12H24ClN3O2. The van der Waals surface area contributed by atoms with Crippen LogP contribution in [0.1, 0.15) is 46.0 Å². The molecule has 1 rings (SSSR count). The second-order valence-corrected chi connectivity index (χ2v) is 5.31. The highest BCUT2D eigenvalue weighted by atomic mass is 35.5. The molecule has 2 amide bonds. The molecule has 0 heterocycles. The summed E-state index contributed by atoms with van der Waals surface area (Å²) in [6.07, 6.45) is 5.69. The average Bonchev–Trinajstić information content (AvgIpc) is 2.26. The molecule has 1 aliphatic rings. The van der Waals surface area contributed by atoms with Crippen molar-refractivity contribution in [1.82, 2.24) is 10.6 Å². The van der Waals surface area contributed by atoms with Gasteiger partial charge in [0.1, 0.15) is 0 Å². The third kappa shape index (κ3) is 6.21. The largest absolute Gasteiger partial charge is 0.352 e. The van der Waals surface area contributed by atoms with Crippen LogP contribution in [0.2, 0.25) is 0 Å². The molecule has 0 bridgehead atoms. The van der Waals surface area contributed by atoms with Gasteiger partial charge < -0.3 is 16.4 Å². The first kappa shape index (κ1) is 17.2. The van der Waals surface area contributed by atoms with E-state index in [9.17, 15) is 9.59 Å². The number of nitrogens with one attached hydrogen (secondary N) is 2. The summed E-state index contributed by atoms with van der Waals surface area (Å²) in [7, 11) is 0. The van der Waals surface area contributed by atoms with Crippen molar-refractivity contribution in [2.45, 2.75) is 57.5 Å². The Kier molecular flexibility index (Phi) is 7.25. The molecule has 0 aliphatic heterocycles. The molecule has 4 N–H and O–H groups in total. The zero-order valence-corrected chi connectivity index (χ0v) is 11.9. The van der Waals surface area contributed by atoms with Crippen molar-refractivity contribution in [2.75, 3.05) is 6.54 Å². The number of hydrogen-bond acceptors (Lipinski definition) is 3. The molecule has 0 saturated heterocycles. The maximum absolute atomic E-state index is 11.6. The Bertz CT molecular complexity index is 284. The van der Waals surface area contributed by atoms with E-state index in [-0.39, 0.29) is 36.8 Å². The molecule has 0 radical (unpaired) electrons. The zero-order valence-electron chi connectivity index (χ0n) is 11.1. The predicted octanol–water partition coefficient (Wildman–Crippen LogP) is 0.711. The minimum atomic E-state index is -0.939. The van der Waals surface area contributed by atoms with Crippen LogP contribution in [0.3, 0.4) is 0 Å². The smallest absolute Gasteiger partial charge is 0.239 e. The molecule has 1 fully saturated rings. The Morgan fingerprint density at radius 1 is 1.22 bits per heavy atom. The fraction of sp³-hybridized carbons (Fsp3) is 0.833. The highest BCUT2D eigenvalue weighted by Crippen LogP contribution is 2.17. The number of hydrogen-bond donors (Lipinski definition) is 3. The molecule has 0 aromatic heterocycles. The van der Waals surface area contributed by atoms with E-state index in [0.29, 0.717) is 0 Å². The Labute approximate surface area is 115 Å². The second-order valence-electron chi connectivity index (χ2n) is 5.31. The van der Waals surface area contributed by atoms with Gasteiger partial charge in [0.2, 0.25) is 11.8 Å².